The molecule has 0 saturated carbocycles. The van der Waals surface area contributed by atoms with Crippen LogP contribution in [0.2, 0.25) is 0 Å². The Morgan fingerprint density at radius 2 is 2.00 bits per heavy atom. The highest BCUT2D eigenvalue weighted by Crippen LogP contribution is 2.38. The molecule has 0 fully saturated rings. The molecule has 2 aromatic carbocycles. The second kappa shape index (κ2) is 8.95. The van der Waals surface area contributed by atoms with Gasteiger partial charge < -0.3 is 24.8 Å². The molecule has 2 aromatic heterocycles. The minimum atomic E-state index is -0.471. The van der Waals surface area contributed by atoms with Crippen LogP contribution in [0.4, 0.5) is 5.82 Å². The highest BCUT2D eigenvalue weighted by Gasteiger charge is 2.26. The van der Waals surface area contributed by atoms with Crippen molar-refractivity contribution in [2.24, 2.45) is 0 Å². The van der Waals surface area contributed by atoms with Gasteiger partial charge in [0.05, 0.1) is 12.8 Å². The summed E-state index contributed by atoms with van der Waals surface area (Å²) in [5.41, 5.74) is 8.91. The van der Waals surface area contributed by atoms with Gasteiger partial charge in [-0.2, -0.15) is 5.10 Å². The Morgan fingerprint density at radius 3 is 2.79 bits per heavy atom. The first-order valence-corrected chi connectivity index (χ1v) is 10.8. The SMILES string of the molecule is CN(C)CCCOc1cc(-c2cn[nH]c2)cc2c(N)nc(C3COc4ccccc4O3)nc12. The van der Waals surface area contributed by atoms with Crippen molar-refractivity contribution >= 4 is 16.7 Å². The highest BCUT2D eigenvalue weighted by molar-refractivity contribution is 5.96. The summed E-state index contributed by atoms with van der Waals surface area (Å²) < 4.78 is 18.1. The number of fused-ring (bicyclic) bond motifs is 2. The summed E-state index contributed by atoms with van der Waals surface area (Å²) in [5.74, 6) is 2.84. The monoisotopic (exact) mass is 446 g/mol. The van der Waals surface area contributed by atoms with Crippen LogP contribution in [-0.4, -0.2) is 58.9 Å². The molecule has 0 aliphatic carbocycles. The summed E-state index contributed by atoms with van der Waals surface area (Å²) in [5, 5.41) is 7.62. The maximum Gasteiger partial charge on any atom is 0.192 e. The molecule has 0 radical (unpaired) electrons. The van der Waals surface area contributed by atoms with E-state index in [4.69, 9.17) is 24.9 Å². The maximum atomic E-state index is 6.41. The lowest BCUT2D eigenvalue weighted by Crippen LogP contribution is -2.24. The van der Waals surface area contributed by atoms with E-state index in [0.29, 0.717) is 47.6 Å². The van der Waals surface area contributed by atoms with Gasteiger partial charge >= 0.3 is 0 Å². The highest BCUT2D eigenvalue weighted by atomic mass is 16.6. The van der Waals surface area contributed by atoms with E-state index in [1.807, 2.05) is 56.7 Å². The topological polar surface area (TPSA) is 111 Å². The molecule has 3 N–H and O–H groups in total. The van der Waals surface area contributed by atoms with E-state index in [1.54, 1.807) is 6.20 Å². The lowest BCUT2D eigenvalue weighted by atomic mass is 10.1. The lowest BCUT2D eigenvalue weighted by Gasteiger charge is -2.25. The van der Waals surface area contributed by atoms with Gasteiger partial charge in [-0.1, -0.05) is 12.1 Å². The Balaban J connectivity index is 1.52. The lowest BCUT2D eigenvalue weighted by molar-refractivity contribution is 0.0854. The van der Waals surface area contributed by atoms with Gasteiger partial charge in [-0.25, -0.2) is 9.97 Å². The van der Waals surface area contributed by atoms with Crippen molar-refractivity contribution in [3.63, 3.8) is 0 Å². The Hall–Kier alpha value is -3.85. The van der Waals surface area contributed by atoms with Crippen molar-refractivity contribution in [2.75, 3.05) is 39.6 Å². The number of nitrogens with zero attached hydrogens (tertiary/aromatic N) is 4. The number of ether oxygens (including phenoxy) is 3. The molecule has 1 unspecified atom stereocenters. The number of H-pyrrole nitrogens is 1. The number of anilines is 1. The average molecular weight is 447 g/mol. The molecule has 5 rings (SSSR count). The second-order valence-corrected chi connectivity index (χ2v) is 8.19. The van der Waals surface area contributed by atoms with E-state index >= 15 is 0 Å². The Morgan fingerprint density at radius 1 is 1.15 bits per heavy atom. The van der Waals surface area contributed by atoms with Gasteiger partial charge in [0.15, 0.2) is 23.4 Å². The number of nitrogens with two attached hydrogens (primary N) is 1. The zero-order valence-electron chi connectivity index (χ0n) is 18.6. The molecule has 3 heterocycles. The summed E-state index contributed by atoms with van der Waals surface area (Å²) in [6.07, 6.45) is 4.00. The Kier molecular flexibility index (Phi) is 5.70. The molecule has 170 valence electrons. The van der Waals surface area contributed by atoms with E-state index in [2.05, 4.69) is 20.1 Å². The number of para-hydroxylation sites is 2. The fraction of sp³-hybridized carbons (Fsp3) is 0.292. The zero-order chi connectivity index (χ0) is 22.8. The average Bonchev–Trinajstić information content (AvgIpc) is 3.36. The first-order chi connectivity index (χ1) is 16.1. The predicted octanol–water partition coefficient (Wildman–Crippen LogP) is 3.45. The molecule has 1 aliphatic rings. The van der Waals surface area contributed by atoms with E-state index in [0.717, 1.165) is 29.5 Å². The van der Waals surface area contributed by atoms with Gasteiger partial charge in [0.2, 0.25) is 0 Å². The number of hydrogen-bond donors (Lipinski definition) is 2. The third-order valence-corrected chi connectivity index (χ3v) is 5.45. The van der Waals surface area contributed by atoms with Crippen LogP contribution in [0.15, 0.2) is 48.8 Å². The molecule has 9 nitrogen and oxygen atoms in total. The quantitative estimate of drug-likeness (QED) is 0.415. The van der Waals surface area contributed by atoms with Gasteiger partial charge in [-0.3, -0.25) is 5.10 Å². The molecule has 33 heavy (non-hydrogen) atoms. The molecule has 0 amide bonds. The first-order valence-electron chi connectivity index (χ1n) is 10.8. The van der Waals surface area contributed by atoms with Crippen LogP contribution in [0, 0.1) is 0 Å². The zero-order valence-corrected chi connectivity index (χ0v) is 18.6. The Bertz CT molecular complexity index is 1260. The molecule has 0 saturated heterocycles. The number of nitrogens with one attached hydrogen (secondary N) is 1. The number of aromatic nitrogens is 4. The van der Waals surface area contributed by atoms with Crippen molar-refractivity contribution in [1.29, 1.82) is 0 Å². The Labute approximate surface area is 191 Å². The molecule has 1 atom stereocenters. The van der Waals surface area contributed by atoms with E-state index in [9.17, 15) is 0 Å². The van der Waals surface area contributed by atoms with E-state index < -0.39 is 6.10 Å². The van der Waals surface area contributed by atoms with Crippen LogP contribution in [-0.2, 0) is 0 Å². The van der Waals surface area contributed by atoms with Crippen molar-refractivity contribution < 1.29 is 14.2 Å². The fourth-order valence-corrected chi connectivity index (χ4v) is 3.78. The summed E-state index contributed by atoms with van der Waals surface area (Å²) >= 11 is 0. The molecule has 9 heteroatoms. The number of rotatable bonds is 7. The fourth-order valence-electron chi connectivity index (χ4n) is 3.78. The van der Waals surface area contributed by atoms with Gasteiger partial charge in [0.25, 0.3) is 0 Å². The minimum absolute atomic E-state index is 0.300. The minimum Gasteiger partial charge on any atom is -0.491 e. The van der Waals surface area contributed by atoms with E-state index in [-0.39, 0.29) is 0 Å². The van der Waals surface area contributed by atoms with Gasteiger partial charge in [-0.15, -0.1) is 0 Å². The summed E-state index contributed by atoms with van der Waals surface area (Å²) in [4.78, 5) is 11.5. The number of benzene rings is 2. The number of aromatic amines is 1. The molecular weight excluding hydrogens is 420 g/mol. The van der Waals surface area contributed by atoms with Crippen molar-refractivity contribution in [3.05, 3.63) is 54.6 Å². The largest absolute Gasteiger partial charge is 0.491 e. The van der Waals surface area contributed by atoms with Crippen molar-refractivity contribution in [3.8, 4) is 28.4 Å². The predicted molar refractivity (Wildman–Crippen MR) is 126 cm³/mol. The van der Waals surface area contributed by atoms with Gasteiger partial charge in [0, 0.05) is 23.7 Å². The third kappa shape index (κ3) is 4.40. The van der Waals surface area contributed by atoms with Crippen LogP contribution in [0.1, 0.15) is 18.3 Å². The maximum absolute atomic E-state index is 6.41. The molecule has 0 spiro atoms. The molecule has 0 bridgehead atoms. The molecule has 4 aromatic rings. The van der Waals surface area contributed by atoms with Crippen LogP contribution in [0.25, 0.3) is 22.0 Å². The van der Waals surface area contributed by atoms with Crippen molar-refractivity contribution in [2.45, 2.75) is 12.5 Å². The van der Waals surface area contributed by atoms with Crippen LogP contribution >= 0.6 is 0 Å². The van der Waals surface area contributed by atoms with Gasteiger partial charge in [0.1, 0.15) is 23.7 Å². The summed E-state index contributed by atoms with van der Waals surface area (Å²) in [7, 11) is 4.08. The first kappa shape index (κ1) is 21.0. The summed E-state index contributed by atoms with van der Waals surface area (Å²) in [6, 6.07) is 11.5. The molecule has 1 aliphatic heterocycles. The smallest absolute Gasteiger partial charge is 0.192 e. The summed E-state index contributed by atoms with van der Waals surface area (Å²) in [6.45, 7) is 1.78. The van der Waals surface area contributed by atoms with Crippen LogP contribution < -0.4 is 19.9 Å². The van der Waals surface area contributed by atoms with Crippen molar-refractivity contribution in [1.82, 2.24) is 25.1 Å². The van der Waals surface area contributed by atoms with Crippen LogP contribution in [0.3, 0.4) is 0 Å². The third-order valence-electron chi connectivity index (χ3n) is 5.45. The second-order valence-electron chi connectivity index (χ2n) is 8.19. The van der Waals surface area contributed by atoms with Crippen LogP contribution in [0.5, 0.6) is 17.2 Å². The van der Waals surface area contributed by atoms with E-state index in [1.165, 1.54) is 0 Å². The molecular formula is C24H26N6O3. The normalized spacial score (nSPS) is 15.2. The standard InChI is InChI=1S/C24H26N6O3/c1-30(2)8-5-9-31-20-11-15(16-12-26-27-13-16)10-17-22(20)28-24(29-23(17)25)21-14-32-18-6-3-4-7-19(18)33-21/h3-4,6-7,10-13,21H,5,8-9,14H2,1-2H3,(H,26,27)(H2,25,28,29). The number of hydrogen-bond acceptors (Lipinski definition) is 8. The van der Waals surface area contributed by atoms with Gasteiger partial charge in [-0.05, 0) is 50.3 Å². The number of nitrogen functional groups attached to an aromatic ring is 1.